The topological polar surface area (TPSA) is 129 Å². The molecule has 1 amide bonds. The minimum Gasteiger partial charge on any atom is -0.548 e. The molecule has 0 fully saturated rings. The summed E-state index contributed by atoms with van der Waals surface area (Å²) >= 11 is 0. The van der Waals surface area contributed by atoms with Crippen LogP contribution in [0.25, 0.3) is 0 Å². The molecule has 21 heavy (non-hydrogen) atoms. The number of sulfonamides is 1. The van der Waals surface area contributed by atoms with Crippen LogP contribution in [0, 0.1) is 13.8 Å². The van der Waals surface area contributed by atoms with Crippen molar-refractivity contribution in [1.82, 2.24) is 4.72 Å². The number of hydrogen-bond acceptors (Lipinski definition) is 5. The number of benzene rings is 1. The standard InChI is InChI=1S/C13H18N2O5S/c1-8-3-4-10(7-9(8)2)21(19,20)15-11(13(17)18)5-6-12(14)16/h3-4,7,11,15H,5-6H2,1-2H3,(H2,14,16)(H,17,18)/p-1/t11-/m1/s1. The largest absolute Gasteiger partial charge is 0.548 e. The van der Waals surface area contributed by atoms with Crippen LogP contribution in [0.2, 0.25) is 0 Å². The van der Waals surface area contributed by atoms with Gasteiger partial charge in [-0.25, -0.2) is 13.1 Å². The number of amides is 1. The summed E-state index contributed by atoms with van der Waals surface area (Å²) in [6.07, 6.45) is -0.518. The maximum Gasteiger partial charge on any atom is 0.241 e. The highest BCUT2D eigenvalue weighted by Crippen LogP contribution is 2.15. The highest BCUT2D eigenvalue weighted by molar-refractivity contribution is 7.89. The summed E-state index contributed by atoms with van der Waals surface area (Å²) in [4.78, 5) is 21.6. The van der Waals surface area contributed by atoms with Crippen LogP contribution in [0.5, 0.6) is 0 Å². The summed E-state index contributed by atoms with van der Waals surface area (Å²) < 4.78 is 26.3. The zero-order valence-corrected chi connectivity index (χ0v) is 12.6. The number of carbonyl (C=O) groups excluding carboxylic acids is 2. The van der Waals surface area contributed by atoms with Gasteiger partial charge < -0.3 is 15.6 Å². The minimum atomic E-state index is -4.01. The second kappa shape index (κ2) is 6.68. The van der Waals surface area contributed by atoms with E-state index >= 15 is 0 Å². The molecule has 0 aliphatic carbocycles. The SMILES string of the molecule is Cc1ccc(S(=O)(=O)N[C@H](CCC(N)=O)C(=O)[O-])cc1C. The lowest BCUT2D eigenvalue weighted by Crippen LogP contribution is -2.48. The van der Waals surface area contributed by atoms with Crippen LogP contribution in [-0.2, 0) is 19.6 Å². The van der Waals surface area contributed by atoms with E-state index in [0.717, 1.165) is 11.1 Å². The van der Waals surface area contributed by atoms with Gasteiger partial charge in [-0.1, -0.05) is 6.07 Å². The Balaban J connectivity index is 2.97. The first kappa shape index (κ1) is 17.1. The normalized spacial score (nSPS) is 12.9. The molecule has 0 heterocycles. The number of rotatable bonds is 7. The molecule has 0 saturated heterocycles. The van der Waals surface area contributed by atoms with E-state index in [1.165, 1.54) is 12.1 Å². The molecular weight excluding hydrogens is 296 g/mol. The molecule has 0 saturated carbocycles. The molecule has 0 radical (unpaired) electrons. The molecule has 0 spiro atoms. The van der Waals surface area contributed by atoms with Gasteiger partial charge in [-0.2, -0.15) is 0 Å². The number of primary amides is 1. The zero-order chi connectivity index (χ0) is 16.2. The fourth-order valence-electron chi connectivity index (χ4n) is 1.65. The molecule has 3 N–H and O–H groups in total. The Kier molecular flexibility index (Phi) is 5.45. The van der Waals surface area contributed by atoms with Crippen molar-refractivity contribution in [2.45, 2.75) is 37.6 Å². The van der Waals surface area contributed by atoms with Gasteiger partial charge in [0.05, 0.1) is 16.9 Å². The van der Waals surface area contributed by atoms with Crippen LogP contribution < -0.4 is 15.6 Å². The maximum absolute atomic E-state index is 12.1. The van der Waals surface area contributed by atoms with Gasteiger partial charge in [0.25, 0.3) is 0 Å². The molecule has 1 aromatic carbocycles. The zero-order valence-electron chi connectivity index (χ0n) is 11.8. The van der Waals surface area contributed by atoms with Crippen molar-refractivity contribution in [2.24, 2.45) is 5.73 Å². The van der Waals surface area contributed by atoms with Gasteiger partial charge in [0.15, 0.2) is 0 Å². The van der Waals surface area contributed by atoms with Gasteiger partial charge in [-0.05, 0) is 43.5 Å². The van der Waals surface area contributed by atoms with Crippen molar-refractivity contribution < 1.29 is 23.1 Å². The smallest absolute Gasteiger partial charge is 0.241 e. The van der Waals surface area contributed by atoms with Gasteiger partial charge in [0.1, 0.15) is 0 Å². The average Bonchev–Trinajstić information content (AvgIpc) is 2.37. The van der Waals surface area contributed by atoms with E-state index in [2.05, 4.69) is 0 Å². The van der Waals surface area contributed by atoms with E-state index in [1.54, 1.807) is 13.0 Å². The molecular formula is C13H17N2O5S-. The number of hydrogen-bond donors (Lipinski definition) is 2. The Labute approximate surface area is 123 Å². The van der Waals surface area contributed by atoms with E-state index in [9.17, 15) is 23.1 Å². The van der Waals surface area contributed by atoms with Crippen molar-refractivity contribution in [3.05, 3.63) is 29.3 Å². The summed E-state index contributed by atoms with van der Waals surface area (Å²) in [6, 6.07) is 2.94. The van der Waals surface area contributed by atoms with Crippen LogP contribution in [0.1, 0.15) is 24.0 Å². The van der Waals surface area contributed by atoms with Crippen LogP contribution in [-0.4, -0.2) is 26.3 Å². The fraction of sp³-hybridized carbons (Fsp3) is 0.385. The molecule has 1 aromatic rings. The van der Waals surface area contributed by atoms with E-state index in [4.69, 9.17) is 5.73 Å². The van der Waals surface area contributed by atoms with Gasteiger partial charge in [-0.15, -0.1) is 0 Å². The predicted octanol–water partition coefficient (Wildman–Crippen LogP) is -1.03. The molecule has 1 atom stereocenters. The third kappa shape index (κ3) is 4.83. The minimum absolute atomic E-state index is 0.0454. The third-order valence-electron chi connectivity index (χ3n) is 3.05. The van der Waals surface area contributed by atoms with Crippen LogP contribution in [0.15, 0.2) is 23.1 Å². The number of aliphatic carboxylic acids is 1. The number of carboxylic acid groups (broad SMARTS) is 1. The lowest BCUT2D eigenvalue weighted by Gasteiger charge is -2.19. The van der Waals surface area contributed by atoms with E-state index < -0.39 is 27.9 Å². The molecule has 0 unspecified atom stereocenters. The summed E-state index contributed by atoms with van der Waals surface area (Å²) in [5, 5.41) is 11.0. The van der Waals surface area contributed by atoms with Crippen LogP contribution in [0.4, 0.5) is 0 Å². The van der Waals surface area contributed by atoms with Crippen molar-refractivity contribution in [3.63, 3.8) is 0 Å². The molecule has 116 valence electrons. The lowest BCUT2D eigenvalue weighted by atomic mass is 10.1. The number of carboxylic acids is 1. The number of nitrogens with two attached hydrogens (primary N) is 1. The van der Waals surface area contributed by atoms with Crippen molar-refractivity contribution in [1.29, 1.82) is 0 Å². The maximum atomic E-state index is 12.1. The molecule has 8 heteroatoms. The Morgan fingerprint density at radius 3 is 2.38 bits per heavy atom. The second-order valence-electron chi connectivity index (χ2n) is 4.74. The molecule has 7 nitrogen and oxygen atoms in total. The molecule has 1 rings (SSSR count). The van der Waals surface area contributed by atoms with Gasteiger partial charge >= 0.3 is 0 Å². The molecule has 0 aliphatic rings. The lowest BCUT2D eigenvalue weighted by molar-refractivity contribution is -0.308. The van der Waals surface area contributed by atoms with E-state index in [-0.39, 0.29) is 17.7 Å². The summed E-state index contributed by atoms with van der Waals surface area (Å²) in [6.45, 7) is 3.58. The first-order chi connectivity index (χ1) is 9.63. The third-order valence-corrected chi connectivity index (χ3v) is 4.52. The monoisotopic (exact) mass is 313 g/mol. The Morgan fingerprint density at radius 1 is 1.29 bits per heavy atom. The predicted molar refractivity (Wildman–Crippen MR) is 73.5 cm³/mol. The van der Waals surface area contributed by atoms with Crippen molar-refractivity contribution >= 4 is 21.9 Å². The Bertz CT molecular complexity index is 655. The summed E-state index contributed by atoms with van der Waals surface area (Å²) in [7, 11) is -4.01. The van der Waals surface area contributed by atoms with Crippen molar-refractivity contribution in [3.8, 4) is 0 Å². The molecule has 0 aliphatic heterocycles. The van der Waals surface area contributed by atoms with Crippen molar-refractivity contribution in [2.75, 3.05) is 0 Å². The van der Waals surface area contributed by atoms with Gasteiger partial charge in [0.2, 0.25) is 15.9 Å². The number of nitrogens with one attached hydrogen (secondary N) is 1. The Morgan fingerprint density at radius 2 is 1.90 bits per heavy atom. The highest BCUT2D eigenvalue weighted by Gasteiger charge is 2.21. The summed E-state index contributed by atoms with van der Waals surface area (Å²) in [5.74, 6) is -2.32. The molecule has 0 aromatic heterocycles. The second-order valence-corrected chi connectivity index (χ2v) is 6.46. The quantitative estimate of drug-likeness (QED) is 0.664. The van der Waals surface area contributed by atoms with Crippen LogP contribution >= 0.6 is 0 Å². The average molecular weight is 313 g/mol. The fourth-order valence-corrected chi connectivity index (χ4v) is 2.95. The number of aryl methyl sites for hydroxylation is 2. The highest BCUT2D eigenvalue weighted by atomic mass is 32.2. The summed E-state index contributed by atoms with van der Waals surface area (Å²) in [5.41, 5.74) is 6.60. The number of carbonyl (C=O) groups is 2. The first-order valence-corrected chi connectivity index (χ1v) is 7.70. The van der Waals surface area contributed by atoms with Gasteiger partial charge in [-0.3, -0.25) is 4.79 Å². The van der Waals surface area contributed by atoms with E-state index in [1.807, 2.05) is 11.6 Å². The van der Waals surface area contributed by atoms with Crippen LogP contribution in [0.3, 0.4) is 0 Å². The van der Waals surface area contributed by atoms with E-state index in [0.29, 0.717) is 0 Å². The Hall–Kier alpha value is -1.93. The van der Waals surface area contributed by atoms with Gasteiger partial charge in [0, 0.05) is 6.42 Å². The molecule has 0 bridgehead atoms. The first-order valence-electron chi connectivity index (χ1n) is 6.22.